The van der Waals surface area contributed by atoms with Gasteiger partial charge in [-0.15, -0.1) is 0 Å². The summed E-state index contributed by atoms with van der Waals surface area (Å²) in [5, 5.41) is 0. The zero-order valence-electron chi connectivity index (χ0n) is 27.0. The predicted octanol–water partition coefficient (Wildman–Crippen LogP) is 6.31. The highest BCUT2D eigenvalue weighted by molar-refractivity contribution is 6.21. The summed E-state index contributed by atoms with van der Waals surface area (Å²) in [5.41, 5.74) is 3.42. The van der Waals surface area contributed by atoms with Crippen molar-refractivity contribution in [1.29, 1.82) is 0 Å². The summed E-state index contributed by atoms with van der Waals surface area (Å²) in [4.78, 5) is 59.0. The van der Waals surface area contributed by atoms with Crippen LogP contribution in [0.15, 0.2) is 122 Å². The van der Waals surface area contributed by atoms with E-state index >= 15 is 0 Å². The van der Waals surface area contributed by atoms with Crippen LogP contribution in [0.5, 0.6) is 23.0 Å². The van der Waals surface area contributed by atoms with E-state index in [0.717, 1.165) is 6.08 Å². The average molecular weight is 665 g/mol. The van der Waals surface area contributed by atoms with Gasteiger partial charge in [0.05, 0.1) is 5.56 Å². The molecule has 4 aromatic rings. The highest BCUT2D eigenvalue weighted by Crippen LogP contribution is 2.37. The van der Waals surface area contributed by atoms with E-state index < -0.39 is 23.9 Å². The molecule has 0 aliphatic carbocycles. The number of benzene rings is 4. The molecule has 0 aromatic heterocycles. The molecule has 9 heteroatoms. The highest BCUT2D eigenvalue weighted by Gasteiger charge is 2.17. The van der Waals surface area contributed by atoms with Gasteiger partial charge in [-0.3, -0.25) is 4.79 Å². The van der Waals surface area contributed by atoms with Crippen molar-refractivity contribution in [1.82, 2.24) is 0 Å². The summed E-state index contributed by atoms with van der Waals surface area (Å²) in [6.07, 6.45) is 1.01. The van der Waals surface area contributed by atoms with E-state index in [9.17, 15) is 24.0 Å². The molecule has 0 heterocycles. The van der Waals surface area contributed by atoms with Gasteiger partial charge in [-0.2, -0.15) is 0 Å². The second-order valence-corrected chi connectivity index (χ2v) is 10.5. The molecule has 4 rings (SSSR count). The predicted molar refractivity (Wildman–Crippen MR) is 185 cm³/mol. The monoisotopic (exact) mass is 664 g/mol. The molecule has 0 atom stereocenters. The van der Waals surface area contributed by atoms with Gasteiger partial charge in [-0.1, -0.05) is 55.6 Å². The Kier molecular flexibility index (Phi) is 11.8. The van der Waals surface area contributed by atoms with E-state index in [1.54, 1.807) is 79.7 Å². The topological polar surface area (TPSA) is 122 Å². The SMILES string of the molecule is C=CC(=O)Oc1cc(-c2ccc(C#Cc3ccc(OC(=O)C(=C)C)cc3)cc2)c(OC(=O)C=O)cc1C#Cc1ccc(OC(=O)C(=C)C)cc1. The quantitative estimate of drug-likeness (QED) is 0.0506. The maximum absolute atomic E-state index is 12.3. The van der Waals surface area contributed by atoms with Crippen LogP contribution in [-0.2, 0) is 24.0 Å². The van der Waals surface area contributed by atoms with E-state index in [0.29, 0.717) is 39.3 Å². The molecule has 0 radical (unpaired) electrons. The Morgan fingerprint density at radius 3 is 1.46 bits per heavy atom. The summed E-state index contributed by atoms with van der Waals surface area (Å²) >= 11 is 0. The number of hydrogen-bond acceptors (Lipinski definition) is 9. The maximum atomic E-state index is 12.3. The van der Waals surface area contributed by atoms with E-state index in [4.69, 9.17) is 18.9 Å². The molecule has 0 spiro atoms. The van der Waals surface area contributed by atoms with Gasteiger partial charge in [0.1, 0.15) is 23.0 Å². The Bertz CT molecular complexity index is 2150. The number of aldehydes is 1. The summed E-state index contributed by atoms with van der Waals surface area (Å²) in [7, 11) is 0. The van der Waals surface area contributed by atoms with E-state index in [-0.39, 0.29) is 34.5 Å². The molecule has 0 amide bonds. The van der Waals surface area contributed by atoms with Gasteiger partial charge in [0.15, 0.2) is 0 Å². The Hall–Kier alpha value is -7.23. The second-order valence-electron chi connectivity index (χ2n) is 10.5. The molecule has 0 saturated carbocycles. The number of rotatable bonds is 9. The summed E-state index contributed by atoms with van der Waals surface area (Å²) < 4.78 is 21.2. The van der Waals surface area contributed by atoms with Crippen molar-refractivity contribution in [2.45, 2.75) is 13.8 Å². The van der Waals surface area contributed by atoms with Gasteiger partial charge in [-0.05, 0) is 86.1 Å². The van der Waals surface area contributed by atoms with Crippen LogP contribution in [0, 0.1) is 23.7 Å². The zero-order valence-corrected chi connectivity index (χ0v) is 27.0. The summed E-state index contributed by atoms with van der Waals surface area (Å²) in [6, 6.07) is 22.7. The van der Waals surface area contributed by atoms with Crippen LogP contribution < -0.4 is 18.9 Å². The fourth-order valence-electron chi connectivity index (χ4n) is 3.95. The van der Waals surface area contributed by atoms with Crippen molar-refractivity contribution in [3.8, 4) is 57.8 Å². The number of carbonyl (C=O) groups is 5. The Morgan fingerprint density at radius 2 is 1.02 bits per heavy atom. The molecule has 0 aliphatic rings. The molecule has 0 fully saturated rings. The minimum absolute atomic E-state index is 0.0156. The molecule has 9 nitrogen and oxygen atoms in total. The molecule has 246 valence electrons. The smallest absolute Gasteiger partial charge is 0.376 e. The zero-order chi connectivity index (χ0) is 36.2. The standard InChI is InChI=1S/C41H28O9/c1-6-38(43)49-36-24-35(31-16-9-28(10-17-31)7-8-29-12-19-33(20-13-29)47-40(45)26(2)3)37(50-39(44)25-42)23-32(36)18-11-30-14-21-34(22-15-30)48-41(46)27(4)5/h6,9-10,12-17,19-25H,1-2,4H2,3,5H3. The second kappa shape index (κ2) is 16.6. The van der Waals surface area contributed by atoms with Crippen LogP contribution in [0.25, 0.3) is 11.1 Å². The van der Waals surface area contributed by atoms with Gasteiger partial charge in [0.2, 0.25) is 6.29 Å². The number of hydrogen-bond donors (Lipinski definition) is 0. The normalized spacial score (nSPS) is 9.72. The van der Waals surface area contributed by atoms with Crippen molar-refractivity contribution in [2.24, 2.45) is 0 Å². The fraction of sp³-hybridized carbons (Fsp3) is 0.0488. The molecule has 0 unspecified atom stereocenters. The van der Waals surface area contributed by atoms with Crippen LogP contribution >= 0.6 is 0 Å². The van der Waals surface area contributed by atoms with E-state index in [1.807, 2.05) is 0 Å². The molecule has 0 N–H and O–H groups in total. The summed E-state index contributed by atoms with van der Waals surface area (Å²) in [5.74, 6) is 9.60. The molecule has 0 aliphatic heterocycles. The maximum Gasteiger partial charge on any atom is 0.376 e. The number of ether oxygens (including phenoxy) is 4. The van der Waals surface area contributed by atoms with Crippen molar-refractivity contribution >= 4 is 30.2 Å². The lowest BCUT2D eigenvalue weighted by molar-refractivity contribution is -0.141. The number of carbonyl (C=O) groups excluding carboxylic acids is 5. The van der Waals surface area contributed by atoms with Crippen LogP contribution in [-0.4, -0.2) is 30.2 Å². The van der Waals surface area contributed by atoms with E-state index in [1.165, 1.54) is 19.1 Å². The first-order chi connectivity index (χ1) is 23.9. The third-order valence-corrected chi connectivity index (χ3v) is 6.48. The third kappa shape index (κ3) is 9.88. The molecule has 0 saturated heterocycles. The Balaban J connectivity index is 1.66. The number of esters is 4. The van der Waals surface area contributed by atoms with Gasteiger partial charge in [0, 0.05) is 45.5 Å². The molecular weight excluding hydrogens is 636 g/mol. The van der Waals surface area contributed by atoms with Crippen LogP contribution in [0.2, 0.25) is 0 Å². The fourth-order valence-corrected chi connectivity index (χ4v) is 3.95. The van der Waals surface area contributed by atoms with Crippen LogP contribution in [0.3, 0.4) is 0 Å². The average Bonchev–Trinajstić information content (AvgIpc) is 3.11. The Morgan fingerprint density at radius 1 is 0.580 bits per heavy atom. The van der Waals surface area contributed by atoms with Crippen molar-refractivity contribution in [3.63, 3.8) is 0 Å². The van der Waals surface area contributed by atoms with Gasteiger partial charge in [-0.25, -0.2) is 19.2 Å². The molecule has 0 bridgehead atoms. The lowest BCUT2D eigenvalue weighted by atomic mass is 10.00. The highest BCUT2D eigenvalue weighted by atomic mass is 16.5. The molecular formula is C41H28O9. The molecule has 50 heavy (non-hydrogen) atoms. The van der Waals surface area contributed by atoms with Crippen molar-refractivity contribution < 1.29 is 42.9 Å². The lowest BCUT2D eigenvalue weighted by Gasteiger charge is -2.13. The van der Waals surface area contributed by atoms with Crippen molar-refractivity contribution in [2.75, 3.05) is 0 Å². The lowest BCUT2D eigenvalue weighted by Crippen LogP contribution is -2.10. The minimum Gasteiger partial charge on any atom is -0.423 e. The van der Waals surface area contributed by atoms with E-state index in [2.05, 4.69) is 43.4 Å². The first-order valence-corrected chi connectivity index (χ1v) is 14.7. The Labute approximate surface area is 288 Å². The van der Waals surface area contributed by atoms with Gasteiger partial charge < -0.3 is 18.9 Å². The molecule has 4 aromatic carbocycles. The van der Waals surface area contributed by atoms with Crippen LogP contribution in [0.1, 0.15) is 36.1 Å². The minimum atomic E-state index is -1.15. The first kappa shape index (κ1) is 35.6. The van der Waals surface area contributed by atoms with Crippen molar-refractivity contribution in [3.05, 3.63) is 144 Å². The third-order valence-electron chi connectivity index (χ3n) is 6.48. The van der Waals surface area contributed by atoms with Gasteiger partial charge >= 0.3 is 23.9 Å². The first-order valence-electron chi connectivity index (χ1n) is 14.7. The van der Waals surface area contributed by atoms with Crippen LogP contribution in [0.4, 0.5) is 0 Å². The van der Waals surface area contributed by atoms with Gasteiger partial charge in [0.25, 0.3) is 0 Å². The largest absolute Gasteiger partial charge is 0.423 e. The summed E-state index contributed by atoms with van der Waals surface area (Å²) in [6.45, 7) is 13.6.